The summed E-state index contributed by atoms with van der Waals surface area (Å²) in [6.45, 7) is -1.34. The lowest BCUT2D eigenvalue weighted by Crippen LogP contribution is -2.47. The number of likely N-dealkylation sites (N-methyl/N-ethyl adjacent to an activating group) is 1. The highest BCUT2D eigenvalue weighted by Gasteiger charge is 2.38. The highest BCUT2D eigenvalue weighted by molar-refractivity contribution is 5.78. The third-order valence-corrected chi connectivity index (χ3v) is 5.34. The van der Waals surface area contributed by atoms with Gasteiger partial charge in [-0.25, -0.2) is 0 Å². The molecule has 0 aliphatic heterocycles. The molecule has 1 saturated carbocycles. The van der Waals surface area contributed by atoms with Gasteiger partial charge in [0.05, 0.1) is 6.54 Å². The van der Waals surface area contributed by atoms with E-state index in [1.165, 1.54) is 24.1 Å². The van der Waals surface area contributed by atoms with Gasteiger partial charge in [0.15, 0.2) is 0 Å². The molecule has 2 aromatic rings. The molecule has 0 bridgehead atoms. The van der Waals surface area contributed by atoms with Gasteiger partial charge in [-0.3, -0.25) is 9.69 Å². The van der Waals surface area contributed by atoms with Gasteiger partial charge in [0.2, 0.25) is 5.91 Å². The monoisotopic (exact) mass is 388 g/mol. The van der Waals surface area contributed by atoms with Gasteiger partial charge in [0, 0.05) is 18.5 Å². The number of carbonyl (C=O) groups excluding carboxylic acids is 1. The first-order valence-corrected chi connectivity index (χ1v) is 9.51. The summed E-state index contributed by atoms with van der Waals surface area (Å²) < 4.78 is 28.7. The number of nitrogens with zero attached hydrogens (tertiary/aromatic N) is 1. The number of carbonyl (C=O) groups is 1. The van der Waals surface area contributed by atoms with E-state index in [4.69, 9.17) is 0 Å². The quantitative estimate of drug-likeness (QED) is 0.707. The molecule has 1 N–H and O–H groups in total. The summed E-state index contributed by atoms with van der Waals surface area (Å²) in [5.74, 6) is 0.119. The van der Waals surface area contributed by atoms with Crippen molar-refractivity contribution in [2.24, 2.45) is 0 Å². The van der Waals surface area contributed by atoms with Crippen LogP contribution in [0.3, 0.4) is 0 Å². The van der Waals surface area contributed by atoms with Crippen LogP contribution in [0.5, 0.6) is 5.75 Å². The highest BCUT2D eigenvalue weighted by atomic mass is 19.3. The summed E-state index contributed by atoms with van der Waals surface area (Å²) in [5.41, 5.74) is 2.29. The van der Waals surface area contributed by atoms with Gasteiger partial charge in [0.25, 0.3) is 0 Å². The predicted molar refractivity (Wildman–Crippen MR) is 104 cm³/mol. The summed E-state index contributed by atoms with van der Waals surface area (Å²) in [7, 11) is 1.86. The number of benzene rings is 2. The Morgan fingerprint density at radius 3 is 2.39 bits per heavy atom. The lowest BCUT2D eigenvalue weighted by atomic mass is 9.64. The Kier molecular flexibility index (Phi) is 6.62. The second-order valence-electron chi connectivity index (χ2n) is 7.47. The molecule has 1 amide bonds. The summed E-state index contributed by atoms with van der Waals surface area (Å²) in [4.78, 5) is 14.3. The maximum absolute atomic E-state index is 12.4. The van der Waals surface area contributed by atoms with Crippen molar-refractivity contribution < 1.29 is 18.3 Å². The van der Waals surface area contributed by atoms with Crippen LogP contribution in [0, 0.1) is 0 Å². The fourth-order valence-electron chi connectivity index (χ4n) is 3.68. The Balaban J connectivity index is 1.46. The van der Waals surface area contributed by atoms with Crippen LogP contribution in [0.4, 0.5) is 8.78 Å². The number of halogens is 2. The zero-order chi connectivity index (χ0) is 20.0. The maximum Gasteiger partial charge on any atom is 0.387 e. The molecule has 6 heteroatoms. The zero-order valence-corrected chi connectivity index (χ0v) is 16.0. The van der Waals surface area contributed by atoms with Crippen molar-refractivity contribution in [3.63, 3.8) is 0 Å². The number of hydrogen-bond donors (Lipinski definition) is 1. The molecule has 0 heterocycles. The minimum absolute atomic E-state index is 0.0117. The summed E-state index contributed by atoms with van der Waals surface area (Å²) in [6, 6.07) is 16.8. The molecule has 0 radical (unpaired) electrons. The molecule has 1 aliphatic carbocycles. The van der Waals surface area contributed by atoms with Crippen molar-refractivity contribution >= 4 is 5.91 Å². The molecule has 28 heavy (non-hydrogen) atoms. The Morgan fingerprint density at radius 1 is 1.14 bits per heavy atom. The SMILES string of the molecule is CN(CC(=O)NCC1(c2ccccc2)CCC1)Cc1ccc(OC(F)F)cc1. The van der Waals surface area contributed by atoms with Crippen molar-refractivity contribution in [3.8, 4) is 5.75 Å². The van der Waals surface area contributed by atoms with Crippen molar-refractivity contribution in [1.82, 2.24) is 10.2 Å². The molecular weight excluding hydrogens is 362 g/mol. The first-order valence-electron chi connectivity index (χ1n) is 9.51. The van der Waals surface area contributed by atoms with E-state index < -0.39 is 6.61 Å². The van der Waals surface area contributed by atoms with Crippen LogP contribution in [0.15, 0.2) is 54.6 Å². The average molecular weight is 388 g/mol. The van der Waals surface area contributed by atoms with Crippen LogP contribution in [-0.2, 0) is 16.8 Å². The predicted octanol–water partition coefficient (Wildman–Crippen LogP) is 3.96. The Morgan fingerprint density at radius 2 is 1.82 bits per heavy atom. The number of alkyl halides is 2. The molecule has 0 atom stereocenters. The molecule has 1 fully saturated rings. The lowest BCUT2D eigenvalue weighted by molar-refractivity contribution is -0.122. The summed E-state index contributed by atoms with van der Waals surface area (Å²) >= 11 is 0. The van der Waals surface area contributed by atoms with E-state index in [9.17, 15) is 13.6 Å². The fourth-order valence-corrected chi connectivity index (χ4v) is 3.68. The number of amides is 1. The van der Waals surface area contributed by atoms with Crippen LogP contribution in [0.1, 0.15) is 30.4 Å². The van der Waals surface area contributed by atoms with Gasteiger partial charge < -0.3 is 10.1 Å². The van der Waals surface area contributed by atoms with E-state index in [-0.39, 0.29) is 23.6 Å². The molecule has 4 nitrogen and oxygen atoms in total. The van der Waals surface area contributed by atoms with Crippen molar-refractivity contribution in [3.05, 3.63) is 65.7 Å². The molecule has 1 aliphatic rings. The third-order valence-electron chi connectivity index (χ3n) is 5.34. The maximum atomic E-state index is 12.4. The van der Waals surface area contributed by atoms with Crippen LogP contribution >= 0.6 is 0 Å². The number of nitrogens with one attached hydrogen (secondary N) is 1. The van der Waals surface area contributed by atoms with Gasteiger partial charge >= 0.3 is 6.61 Å². The van der Waals surface area contributed by atoms with Crippen molar-refractivity contribution in [1.29, 1.82) is 0 Å². The van der Waals surface area contributed by atoms with Crippen LogP contribution < -0.4 is 10.1 Å². The Bertz CT molecular complexity index is 762. The van der Waals surface area contributed by atoms with E-state index in [1.807, 2.05) is 30.1 Å². The van der Waals surface area contributed by atoms with E-state index >= 15 is 0 Å². The molecule has 3 rings (SSSR count). The third kappa shape index (κ3) is 5.29. The standard InChI is InChI=1S/C22H26F2N2O2/c1-26(14-17-8-10-19(11-9-17)28-21(23)24)15-20(27)25-16-22(12-5-13-22)18-6-3-2-4-7-18/h2-4,6-11,21H,5,12-16H2,1H3,(H,25,27). The van der Waals surface area contributed by atoms with E-state index in [1.54, 1.807) is 12.1 Å². The van der Waals surface area contributed by atoms with Crippen LogP contribution in [0.2, 0.25) is 0 Å². The number of hydrogen-bond acceptors (Lipinski definition) is 3. The van der Waals surface area contributed by atoms with Gasteiger partial charge in [-0.05, 0) is 43.1 Å². The minimum Gasteiger partial charge on any atom is -0.435 e. The summed E-state index contributed by atoms with van der Waals surface area (Å²) in [6.07, 6.45) is 3.39. The molecular formula is C22H26F2N2O2. The first-order chi connectivity index (χ1) is 13.5. The average Bonchev–Trinajstić information content (AvgIpc) is 2.63. The number of rotatable bonds is 9. The van der Waals surface area contributed by atoms with Crippen LogP contribution in [0.25, 0.3) is 0 Å². The van der Waals surface area contributed by atoms with Crippen LogP contribution in [-0.4, -0.2) is 37.6 Å². The molecule has 0 unspecified atom stereocenters. The van der Waals surface area contributed by atoms with Crippen molar-refractivity contribution in [2.45, 2.75) is 37.8 Å². The minimum atomic E-state index is -2.83. The second-order valence-corrected chi connectivity index (χ2v) is 7.47. The van der Waals surface area contributed by atoms with E-state index in [2.05, 4.69) is 22.2 Å². The lowest BCUT2D eigenvalue weighted by Gasteiger charge is -2.42. The molecule has 2 aromatic carbocycles. The van der Waals surface area contributed by atoms with E-state index in [0.29, 0.717) is 13.1 Å². The van der Waals surface area contributed by atoms with Gasteiger partial charge in [-0.15, -0.1) is 0 Å². The largest absolute Gasteiger partial charge is 0.435 e. The normalized spacial score (nSPS) is 15.3. The molecule has 0 aromatic heterocycles. The van der Waals surface area contributed by atoms with E-state index in [0.717, 1.165) is 18.4 Å². The van der Waals surface area contributed by atoms with Gasteiger partial charge in [-0.2, -0.15) is 8.78 Å². The van der Waals surface area contributed by atoms with Gasteiger partial charge in [-0.1, -0.05) is 48.9 Å². The Labute approximate surface area is 164 Å². The van der Waals surface area contributed by atoms with Crippen molar-refractivity contribution in [2.75, 3.05) is 20.1 Å². The smallest absolute Gasteiger partial charge is 0.387 e. The highest BCUT2D eigenvalue weighted by Crippen LogP contribution is 2.43. The topological polar surface area (TPSA) is 41.6 Å². The summed E-state index contributed by atoms with van der Waals surface area (Å²) in [5, 5.41) is 3.09. The second kappa shape index (κ2) is 9.15. The molecule has 0 saturated heterocycles. The Hall–Kier alpha value is -2.47. The molecule has 150 valence electrons. The first kappa shape index (κ1) is 20.3. The molecule has 0 spiro atoms. The van der Waals surface area contributed by atoms with Gasteiger partial charge in [0.1, 0.15) is 5.75 Å². The number of ether oxygens (including phenoxy) is 1. The zero-order valence-electron chi connectivity index (χ0n) is 16.0. The fraction of sp³-hybridized carbons (Fsp3) is 0.409.